The summed E-state index contributed by atoms with van der Waals surface area (Å²) in [6.45, 7) is 3.11. The highest BCUT2D eigenvalue weighted by Gasteiger charge is 2.43. The van der Waals surface area contributed by atoms with E-state index in [0.717, 1.165) is 22.4 Å². The molecule has 1 aliphatic rings. The van der Waals surface area contributed by atoms with Crippen LogP contribution in [0.25, 0.3) is 0 Å². The fourth-order valence-electron chi connectivity index (χ4n) is 4.28. The molecule has 0 saturated carbocycles. The highest BCUT2D eigenvalue weighted by Crippen LogP contribution is 2.50. The normalized spacial score (nSPS) is 19.7. The van der Waals surface area contributed by atoms with Crippen LogP contribution in [0.4, 0.5) is 0 Å². The number of aromatic hydroxyl groups is 2. The summed E-state index contributed by atoms with van der Waals surface area (Å²) in [6.07, 6.45) is 1.18. The molecular weight excluding hydrogens is 390 g/mol. The van der Waals surface area contributed by atoms with Gasteiger partial charge in [-0.1, -0.05) is 37.3 Å². The minimum Gasteiger partial charge on any atom is -0.508 e. The molecule has 1 aliphatic heterocycles. The van der Waals surface area contributed by atoms with Crippen LogP contribution in [0.1, 0.15) is 42.4 Å². The van der Waals surface area contributed by atoms with Gasteiger partial charge in [-0.25, -0.2) is 0 Å². The van der Waals surface area contributed by atoms with Crippen molar-refractivity contribution in [1.29, 1.82) is 5.26 Å². The second-order valence-electron chi connectivity index (χ2n) is 8.09. The van der Waals surface area contributed by atoms with Crippen LogP contribution in [0.5, 0.6) is 23.0 Å². The topological polar surface area (TPSA) is 82.7 Å². The molecular formula is C26H25NO4. The van der Waals surface area contributed by atoms with Gasteiger partial charge in [0.2, 0.25) is 0 Å². The van der Waals surface area contributed by atoms with Crippen molar-refractivity contribution >= 4 is 0 Å². The number of phenolic OH excluding ortho intramolecular Hbond substituents is 2. The van der Waals surface area contributed by atoms with E-state index in [9.17, 15) is 10.2 Å². The average Bonchev–Trinajstić information content (AvgIpc) is 2.78. The lowest BCUT2D eigenvalue weighted by atomic mass is 9.65. The first-order valence-electron chi connectivity index (χ1n) is 10.4. The molecule has 0 aliphatic carbocycles. The Labute approximate surface area is 182 Å². The van der Waals surface area contributed by atoms with Gasteiger partial charge in [0, 0.05) is 29.4 Å². The van der Waals surface area contributed by atoms with Crippen LogP contribution in [0.3, 0.4) is 0 Å². The summed E-state index contributed by atoms with van der Waals surface area (Å²) in [5, 5.41) is 28.3. The van der Waals surface area contributed by atoms with E-state index >= 15 is 0 Å². The smallest absolute Gasteiger partial charge is 0.126 e. The molecule has 0 fully saturated rings. The van der Waals surface area contributed by atoms with E-state index in [4.69, 9.17) is 14.7 Å². The van der Waals surface area contributed by atoms with Gasteiger partial charge in [-0.3, -0.25) is 0 Å². The van der Waals surface area contributed by atoms with Crippen LogP contribution in [0.15, 0.2) is 66.7 Å². The predicted octanol–water partition coefficient (Wildman–Crippen LogP) is 5.26. The number of rotatable bonds is 6. The summed E-state index contributed by atoms with van der Waals surface area (Å²) < 4.78 is 11.8. The van der Waals surface area contributed by atoms with Gasteiger partial charge < -0.3 is 19.7 Å². The van der Waals surface area contributed by atoms with Crippen LogP contribution < -0.4 is 9.47 Å². The number of nitrogens with zero attached hydrogens (tertiary/aromatic N) is 1. The SMILES string of the molecule is CC1(c2ccc(O)cc2)COc2cc(O)ccc2C1c1ccc(OCCCC#N)cc1. The Kier molecular flexibility index (Phi) is 5.73. The fraction of sp³-hybridized carbons (Fsp3) is 0.269. The molecule has 5 heteroatoms. The van der Waals surface area contributed by atoms with Crippen molar-refractivity contribution in [2.45, 2.75) is 31.1 Å². The molecule has 31 heavy (non-hydrogen) atoms. The van der Waals surface area contributed by atoms with E-state index < -0.39 is 0 Å². The molecule has 2 unspecified atom stereocenters. The number of hydrogen-bond donors (Lipinski definition) is 2. The molecule has 0 amide bonds. The van der Waals surface area contributed by atoms with Crippen molar-refractivity contribution in [1.82, 2.24) is 0 Å². The molecule has 2 N–H and O–H groups in total. The Hall–Kier alpha value is -3.65. The number of benzene rings is 3. The molecule has 5 nitrogen and oxygen atoms in total. The Morgan fingerprint density at radius 1 is 1.03 bits per heavy atom. The summed E-state index contributed by atoms with van der Waals surface area (Å²) in [5.41, 5.74) is 2.79. The molecule has 0 spiro atoms. The monoisotopic (exact) mass is 415 g/mol. The van der Waals surface area contributed by atoms with E-state index in [0.29, 0.717) is 31.8 Å². The van der Waals surface area contributed by atoms with Crippen LogP contribution in [0, 0.1) is 11.3 Å². The van der Waals surface area contributed by atoms with Crippen molar-refractivity contribution in [3.8, 4) is 29.1 Å². The summed E-state index contributed by atoms with van der Waals surface area (Å²) in [4.78, 5) is 0. The standard InChI is InChI=1S/C26H25NO4/c1-26(19-6-8-20(28)9-7-19)17-31-24-16-21(29)10-13-23(24)25(26)18-4-11-22(12-5-18)30-15-3-2-14-27/h4-13,16,25,28-29H,2-3,15,17H2,1H3. The van der Waals surface area contributed by atoms with Gasteiger partial charge in [0.15, 0.2) is 0 Å². The summed E-state index contributed by atoms with van der Waals surface area (Å²) in [5.74, 6) is 1.83. The maximum atomic E-state index is 9.94. The van der Waals surface area contributed by atoms with E-state index in [1.165, 1.54) is 0 Å². The zero-order valence-electron chi connectivity index (χ0n) is 17.4. The van der Waals surface area contributed by atoms with Gasteiger partial charge in [-0.05, 0) is 47.9 Å². The van der Waals surface area contributed by atoms with Crippen LogP contribution in [0.2, 0.25) is 0 Å². The number of phenols is 2. The second kappa shape index (κ2) is 8.61. The zero-order chi connectivity index (χ0) is 21.8. The van der Waals surface area contributed by atoms with Gasteiger partial charge in [-0.15, -0.1) is 0 Å². The third-order valence-electron chi connectivity index (χ3n) is 5.91. The lowest BCUT2D eigenvalue weighted by molar-refractivity contribution is 0.182. The minimum absolute atomic E-state index is 0.0194. The number of fused-ring (bicyclic) bond motifs is 1. The van der Waals surface area contributed by atoms with Gasteiger partial charge in [-0.2, -0.15) is 5.26 Å². The lowest BCUT2D eigenvalue weighted by Crippen LogP contribution is -2.40. The minimum atomic E-state index is -0.382. The van der Waals surface area contributed by atoms with E-state index in [1.54, 1.807) is 24.3 Å². The first-order valence-corrected chi connectivity index (χ1v) is 10.4. The van der Waals surface area contributed by atoms with Crippen LogP contribution in [-0.4, -0.2) is 23.4 Å². The van der Waals surface area contributed by atoms with Crippen molar-refractivity contribution in [2.24, 2.45) is 0 Å². The number of hydrogen-bond acceptors (Lipinski definition) is 5. The predicted molar refractivity (Wildman–Crippen MR) is 118 cm³/mol. The van der Waals surface area contributed by atoms with Crippen molar-refractivity contribution in [2.75, 3.05) is 13.2 Å². The maximum Gasteiger partial charge on any atom is 0.126 e. The first-order chi connectivity index (χ1) is 15.0. The lowest BCUT2D eigenvalue weighted by Gasteiger charge is -2.43. The molecule has 4 rings (SSSR count). The maximum absolute atomic E-state index is 9.94. The highest BCUT2D eigenvalue weighted by atomic mass is 16.5. The zero-order valence-corrected chi connectivity index (χ0v) is 17.4. The van der Waals surface area contributed by atoms with E-state index in [2.05, 4.69) is 25.1 Å². The van der Waals surface area contributed by atoms with E-state index in [1.807, 2.05) is 30.3 Å². The van der Waals surface area contributed by atoms with Crippen molar-refractivity contribution in [3.63, 3.8) is 0 Å². The second-order valence-corrected chi connectivity index (χ2v) is 8.09. The first kappa shape index (κ1) is 20.6. The molecule has 158 valence electrons. The third-order valence-corrected chi connectivity index (χ3v) is 5.91. The van der Waals surface area contributed by atoms with Crippen LogP contribution >= 0.6 is 0 Å². The molecule has 0 bridgehead atoms. The Balaban J connectivity index is 1.72. The molecule has 0 aromatic heterocycles. The molecule has 2 atom stereocenters. The number of nitriles is 1. The average molecular weight is 415 g/mol. The van der Waals surface area contributed by atoms with Gasteiger partial charge >= 0.3 is 0 Å². The summed E-state index contributed by atoms with van der Waals surface area (Å²) in [6, 6.07) is 22.7. The quantitative estimate of drug-likeness (QED) is 0.537. The molecule has 3 aromatic carbocycles. The summed E-state index contributed by atoms with van der Waals surface area (Å²) in [7, 11) is 0. The molecule has 3 aromatic rings. The largest absolute Gasteiger partial charge is 0.508 e. The highest BCUT2D eigenvalue weighted by molar-refractivity contribution is 5.53. The van der Waals surface area contributed by atoms with Gasteiger partial charge in [0.05, 0.1) is 19.3 Å². The van der Waals surface area contributed by atoms with Crippen molar-refractivity contribution in [3.05, 3.63) is 83.4 Å². The summed E-state index contributed by atoms with van der Waals surface area (Å²) >= 11 is 0. The fourth-order valence-corrected chi connectivity index (χ4v) is 4.28. The molecule has 0 radical (unpaired) electrons. The van der Waals surface area contributed by atoms with Crippen LogP contribution in [-0.2, 0) is 5.41 Å². The number of unbranched alkanes of at least 4 members (excludes halogenated alkanes) is 1. The Morgan fingerprint density at radius 3 is 2.45 bits per heavy atom. The Morgan fingerprint density at radius 2 is 1.74 bits per heavy atom. The number of ether oxygens (including phenoxy) is 2. The molecule has 1 heterocycles. The van der Waals surface area contributed by atoms with Gasteiger partial charge in [0.25, 0.3) is 0 Å². The molecule has 0 saturated heterocycles. The Bertz CT molecular complexity index is 1090. The van der Waals surface area contributed by atoms with Crippen molar-refractivity contribution < 1.29 is 19.7 Å². The van der Waals surface area contributed by atoms with Gasteiger partial charge in [0.1, 0.15) is 23.0 Å². The third kappa shape index (κ3) is 4.15. The van der Waals surface area contributed by atoms with E-state index in [-0.39, 0.29) is 22.8 Å².